The van der Waals surface area contributed by atoms with E-state index in [4.69, 9.17) is 9.84 Å². The standard InChI is InChI=1S/C35H66O7/c1-4-5-6-7-8-9-10-11-12-13-14-17-20-23-26-31(27-24-21-18-15-16-19-22-25-30(2)3)42-33(38)29-35(41,34(39)40)28-32(36)37/h30-31,41H,4-29H2,1-3H3,(H,36,37)(H,39,40). The summed E-state index contributed by atoms with van der Waals surface area (Å²) < 4.78 is 5.62. The Hall–Kier alpha value is -1.63. The summed E-state index contributed by atoms with van der Waals surface area (Å²) in [5, 5.41) is 28.5. The number of hydrogen-bond donors (Lipinski definition) is 3. The van der Waals surface area contributed by atoms with Crippen molar-refractivity contribution in [1.82, 2.24) is 0 Å². The SMILES string of the molecule is CCCCCCCCCCCCCCCCC(CCCCCCCCCC(C)C)OC(=O)CC(O)(CC(=O)O)C(=O)O. The predicted octanol–water partition coefficient (Wildman–Crippen LogP) is 9.62. The molecule has 2 unspecified atom stereocenters. The normalized spacial score (nSPS) is 13.6. The molecule has 248 valence electrons. The van der Waals surface area contributed by atoms with Crippen LogP contribution in [0.5, 0.6) is 0 Å². The Bertz CT molecular complexity index is 678. The van der Waals surface area contributed by atoms with Gasteiger partial charge in [-0.2, -0.15) is 0 Å². The third-order valence-corrected chi connectivity index (χ3v) is 8.26. The zero-order valence-corrected chi connectivity index (χ0v) is 27.5. The molecular weight excluding hydrogens is 532 g/mol. The molecule has 0 rings (SSSR count). The van der Waals surface area contributed by atoms with Crippen molar-refractivity contribution in [1.29, 1.82) is 0 Å². The highest BCUT2D eigenvalue weighted by atomic mass is 16.5. The molecule has 0 bridgehead atoms. The van der Waals surface area contributed by atoms with Crippen LogP contribution in [0.15, 0.2) is 0 Å². The lowest BCUT2D eigenvalue weighted by molar-refractivity contribution is -0.173. The average Bonchev–Trinajstić information content (AvgIpc) is 2.91. The Balaban J connectivity index is 4.38. The molecule has 2 atom stereocenters. The molecule has 0 fully saturated rings. The third-order valence-electron chi connectivity index (χ3n) is 8.26. The lowest BCUT2D eigenvalue weighted by Gasteiger charge is -2.23. The Kier molecular flexibility index (Phi) is 25.9. The first kappa shape index (κ1) is 40.4. The third kappa shape index (κ3) is 24.9. The Morgan fingerprint density at radius 2 is 0.929 bits per heavy atom. The quantitative estimate of drug-likeness (QED) is 0.0536. The van der Waals surface area contributed by atoms with E-state index in [0.29, 0.717) is 12.8 Å². The minimum Gasteiger partial charge on any atom is -0.481 e. The van der Waals surface area contributed by atoms with E-state index in [1.165, 1.54) is 103 Å². The number of rotatable bonds is 31. The van der Waals surface area contributed by atoms with E-state index in [0.717, 1.165) is 44.4 Å². The lowest BCUT2D eigenvalue weighted by atomic mass is 9.95. The van der Waals surface area contributed by atoms with Gasteiger partial charge in [0, 0.05) is 0 Å². The number of hydrogen-bond acceptors (Lipinski definition) is 5. The molecule has 0 saturated carbocycles. The van der Waals surface area contributed by atoms with Crippen molar-refractivity contribution in [3.8, 4) is 0 Å². The monoisotopic (exact) mass is 598 g/mol. The van der Waals surface area contributed by atoms with E-state index < -0.39 is 36.4 Å². The first-order valence-electron chi connectivity index (χ1n) is 17.5. The number of carboxylic acids is 2. The smallest absolute Gasteiger partial charge is 0.336 e. The van der Waals surface area contributed by atoms with Gasteiger partial charge in [-0.05, 0) is 31.6 Å². The van der Waals surface area contributed by atoms with Crippen LogP contribution >= 0.6 is 0 Å². The number of carboxylic acid groups (broad SMARTS) is 2. The molecule has 0 amide bonds. The summed E-state index contributed by atoms with van der Waals surface area (Å²) in [6, 6.07) is 0. The van der Waals surface area contributed by atoms with Crippen LogP contribution < -0.4 is 0 Å². The number of esters is 1. The maximum absolute atomic E-state index is 12.5. The van der Waals surface area contributed by atoms with Crippen molar-refractivity contribution in [3.63, 3.8) is 0 Å². The Morgan fingerprint density at radius 1 is 0.571 bits per heavy atom. The van der Waals surface area contributed by atoms with Gasteiger partial charge in [-0.1, -0.05) is 149 Å². The molecule has 0 aliphatic heterocycles. The number of carbonyl (C=O) groups is 3. The number of aliphatic carboxylic acids is 2. The minimum atomic E-state index is -2.65. The Morgan fingerprint density at radius 3 is 1.26 bits per heavy atom. The van der Waals surface area contributed by atoms with Gasteiger partial charge in [0.2, 0.25) is 0 Å². The van der Waals surface area contributed by atoms with Gasteiger partial charge in [0.25, 0.3) is 0 Å². The number of carbonyl (C=O) groups excluding carboxylic acids is 1. The van der Waals surface area contributed by atoms with Crippen LogP contribution in [0.2, 0.25) is 0 Å². The highest BCUT2D eigenvalue weighted by molar-refractivity contribution is 5.88. The molecule has 0 aromatic heterocycles. The topological polar surface area (TPSA) is 121 Å². The Labute approximate surface area is 257 Å². The van der Waals surface area contributed by atoms with E-state index in [9.17, 15) is 24.6 Å². The summed E-state index contributed by atoms with van der Waals surface area (Å²) >= 11 is 0. The molecule has 0 aliphatic rings. The van der Waals surface area contributed by atoms with Crippen molar-refractivity contribution in [2.45, 2.75) is 199 Å². The summed E-state index contributed by atoms with van der Waals surface area (Å²) in [6.45, 7) is 6.77. The minimum absolute atomic E-state index is 0.330. The largest absolute Gasteiger partial charge is 0.481 e. The molecule has 0 radical (unpaired) electrons. The molecular formula is C35H66O7. The molecule has 42 heavy (non-hydrogen) atoms. The van der Waals surface area contributed by atoms with Gasteiger partial charge in [0.15, 0.2) is 5.60 Å². The van der Waals surface area contributed by atoms with Gasteiger partial charge >= 0.3 is 17.9 Å². The summed E-state index contributed by atoms with van der Waals surface area (Å²) in [5.74, 6) is -3.28. The average molecular weight is 599 g/mol. The second kappa shape index (κ2) is 27.0. The first-order chi connectivity index (χ1) is 20.1. The van der Waals surface area contributed by atoms with E-state index >= 15 is 0 Å². The molecule has 3 N–H and O–H groups in total. The van der Waals surface area contributed by atoms with Gasteiger partial charge in [0.05, 0.1) is 12.8 Å². The lowest BCUT2D eigenvalue weighted by Crippen LogP contribution is -2.43. The van der Waals surface area contributed by atoms with Gasteiger partial charge < -0.3 is 20.1 Å². The predicted molar refractivity (Wildman–Crippen MR) is 171 cm³/mol. The number of aliphatic hydroxyl groups is 1. The highest BCUT2D eigenvalue weighted by Gasteiger charge is 2.41. The van der Waals surface area contributed by atoms with Crippen LogP contribution in [-0.4, -0.2) is 44.9 Å². The van der Waals surface area contributed by atoms with E-state index in [2.05, 4.69) is 20.8 Å². The van der Waals surface area contributed by atoms with Crippen LogP contribution in [0, 0.1) is 5.92 Å². The fraction of sp³-hybridized carbons (Fsp3) is 0.914. The second-order valence-corrected chi connectivity index (χ2v) is 13.0. The van der Waals surface area contributed by atoms with E-state index in [-0.39, 0.29) is 6.10 Å². The molecule has 0 aromatic carbocycles. The fourth-order valence-corrected chi connectivity index (χ4v) is 5.57. The van der Waals surface area contributed by atoms with Gasteiger partial charge in [-0.15, -0.1) is 0 Å². The van der Waals surface area contributed by atoms with Crippen molar-refractivity contribution in [2.24, 2.45) is 5.92 Å². The van der Waals surface area contributed by atoms with Crippen LogP contribution in [0.4, 0.5) is 0 Å². The van der Waals surface area contributed by atoms with Crippen molar-refractivity contribution in [2.75, 3.05) is 0 Å². The maximum Gasteiger partial charge on any atom is 0.336 e. The van der Waals surface area contributed by atoms with Crippen LogP contribution in [-0.2, 0) is 19.1 Å². The summed E-state index contributed by atoms with van der Waals surface area (Å²) in [4.78, 5) is 35.0. The molecule has 0 aromatic rings. The zero-order chi connectivity index (χ0) is 31.5. The number of unbranched alkanes of at least 4 members (excludes halogenated alkanes) is 19. The van der Waals surface area contributed by atoms with E-state index in [1.807, 2.05) is 0 Å². The van der Waals surface area contributed by atoms with Crippen molar-refractivity contribution >= 4 is 17.9 Å². The first-order valence-corrected chi connectivity index (χ1v) is 17.5. The van der Waals surface area contributed by atoms with Gasteiger partial charge in [-0.3, -0.25) is 9.59 Å². The van der Waals surface area contributed by atoms with Crippen LogP contribution in [0.3, 0.4) is 0 Å². The molecule has 7 nitrogen and oxygen atoms in total. The second-order valence-electron chi connectivity index (χ2n) is 13.0. The maximum atomic E-state index is 12.5. The van der Waals surface area contributed by atoms with Gasteiger partial charge in [0.1, 0.15) is 6.10 Å². The highest BCUT2D eigenvalue weighted by Crippen LogP contribution is 2.22. The van der Waals surface area contributed by atoms with Crippen LogP contribution in [0.1, 0.15) is 188 Å². The molecule has 0 spiro atoms. The van der Waals surface area contributed by atoms with Crippen molar-refractivity contribution in [3.05, 3.63) is 0 Å². The molecule has 0 heterocycles. The number of ether oxygens (including phenoxy) is 1. The molecule has 0 saturated heterocycles. The molecule has 0 aliphatic carbocycles. The summed E-state index contributed by atoms with van der Waals surface area (Å²) in [7, 11) is 0. The van der Waals surface area contributed by atoms with E-state index in [1.54, 1.807) is 0 Å². The van der Waals surface area contributed by atoms with Gasteiger partial charge in [-0.25, -0.2) is 4.79 Å². The fourth-order valence-electron chi connectivity index (χ4n) is 5.57. The van der Waals surface area contributed by atoms with Crippen molar-refractivity contribution < 1.29 is 34.4 Å². The summed E-state index contributed by atoms with van der Waals surface area (Å²) in [6.07, 6.45) is 26.4. The zero-order valence-electron chi connectivity index (χ0n) is 27.5. The van der Waals surface area contributed by atoms with Crippen LogP contribution in [0.25, 0.3) is 0 Å². The molecule has 7 heteroatoms. The summed E-state index contributed by atoms with van der Waals surface area (Å²) in [5.41, 5.74) is -2.65.